The highest BCUT2D eigenvalue weighted by Gasteiger charge is 2.33. The van der Waals surface area contributed by atoms with Crippen molar-refractivity contribution in [3.8, 4) is 0 Å². The molecule has 1 aromatic rings. The molecule has 7 nitrogen and oxygen atoms in total. The van der Waals surface area contributed by atoms with Crippen LogP contribution in [0.4, 0.5) is 0 Å². The third-order valence-electron chi connectivity index (χ3n) is 5.74. The summed E-state index contributed by atoms with van der Waals surface area (Å²) in [6.45, 7) is 4.70. The van der Waals surface area contributed by atoms with Gasteiger partial charge in [0.2, 0.25) is 5.91 Å². The number of thioether (sulfide) groups is 1. The van der Waals surface area contributed by atoms with E-state index < -0.39 is 9.84 Å². The van der Waals surface area contributed by atoms with Gasteiger partial charge in [-0.3, -0.25) is 4.79 Å². The van der Waals surface area contributed by atoms with E-state index >= 15 is 0 Å². The molecular formula is C18H30N4O3S2. The van der Waals surface area contributed by atoms with Gasteiger partial charge in [0.25, 0.3) is 0 Å². The van der Waals surface area contributed by atoms with Crippen LogP contribution in [0.15, 0.2) is 5.16 Å². The van der Waals surface area contributed by atoms with Gasteiger partial charge in [-0.25, -0.2) is 8.42 Å². The van der Waals surface area contributed by atoms with Crippen LogP contribution in [0, 0.1) is 0 Å². The highest BCUT2D eigenvalue weighted by Crippen LogP contribution is 2.31. The minimum atomic E-state index is -2.96. The molecule has 27 heavy (non-hydrogen) atoms. The molecular weight excluding hydrogens is 384 g/mol. The van der Waals surface area contributed by atoms with Gasteiger partial charge in [0.05, 0.1) is 16.8 Å². The fourth-order valence-corrected chi connectivity index (χ4v) is 6.84. The van der Waals surface area contributed by atoms with Gasteiger partial charge in [-0.1, -0.05) is 31.0 Å². The van der Waals surface area contributed by atoms with E-state index in [1.54, 1.807) is 0 Å². The van der Waals surface area contributed by atoms with Gasteiger partial charge >= 0.3 is 0 Å². The Balaban J connectivity index is 1.66. The number of nitrogens with zero attached hydrogens (tertiary/aromatic N) is 4. The van der Waals surface area contributed by atoms with E-state index in [0.717, 1.165) is 19.4 Å². The molecule has 9 heteroatoms. The number of aromatic nitrogens is 3. The predicted molar refractivity (Wildman–Crippen MR) is 107 cm³/mol. The van der Waals surface area contributed by atoms with E-state index in [-0.39, 0.29) is 28.6 Å². The van der Waals surface area contributed by atoms with Gasteiger partial charge in [0.15, 0.2) is 15.0 Å². The average Bonchev–Trinajstić information content (AvgIpc) is 3.18. The summed E-state index contributed by atoms with van der Waals surface area (Å²) in [5.41, 5.74) is 0. The first-order chi connectivity index (χ1) is 12.8. The Morgan fingerprint density at radius 3 is 2.56 bits per heavy atom. The Bertz CT molecular complexity index is 772. The van der Waals surface area contributed by atoms with E-state index in [0.29, 0.717) is 23.4 Å². The number of carbonyl (C=O) groups excluding carboxylic acids is 1. The molecule has 1 saturated carbocycles. The summed E-state index contributed by atoms with van der Waals surface area (Å²) in [4.78, 5) is 15.0. The van der Waals surface area contributed by atoms with Crippen molar-refractivity contribution in [2.75, 3.05) is 18.1 Å². The van der Waals surface area contributed by atoms with Crippen LogP contribution < -0.4 is 0 Å². The average molecular weight is 415 g/mol. The molecule has 1 amide bonds. The lowest BCUT2D eigenvalue weighted by Gasteiger charge is -2.35. The van der Waals surface area contributed by atoms with Crippen LogP contribution in [0.3, 0.4) is 0 Å². The molecule has 0 unspecified atom stereocenters. The summed E-state index contributed by atoms with van der Waals surface area (Å²) >= 11 is 1.41. The number of carbonyl (C=O) groups is 1. The topological polar surface area (TPSA) is 85.2 Å². The highest BCUT2D eigenvalue weighted by atomic mass is 32.2. The monoisotopic (exact) mass is 414 g/mol. The van der Waals surface area contributed by atoms with Crippen LogP contribution in [0.1, 0.15) is 64.1 Å². The van der Waals surface area contributed by atoms with Crippen molar-refractivity contribution in [2.45, 2.75) is 74.7 Å². The molecule has 0 radical (unpaired) electrons. The summed E-state index contributed by atoms with van der Waals surface area (Å²) < 4.78 is 25.3. The molecule has 2 fully saturated rings. The van der Waals surface area contributed by atoms with Crippen molar-refractivity contribution in [3.05, 3.63) is 5.82 Å². The smallest absolute Gasteiger partial charge is 0.236 e. The molecule has 2 heterocycles. The number of hydrogen-bond donors (Lipinski definition) is 0. The van der Waals surface area contributed by atoms with Gasteiger partial charge in [-0.15, -0.1) is 10.2 Å². The second kappa shape index (κ2) is 8.51. The summed E-state index contributed by atoms with van der Waals surface area (Å²) in [6, 6.07) is 0.359. The molecule has 0 spiro atoms. The lowest BCUT2D eigenvalue weighted by Crippen LogP contribution is -2.44. The lowest BCUT2D eigenvalue weighted by molar-refractivity contribution is -0.133. The number of hydrogen-bond acceptors (Lipinski definition) is 6. The van der Waals surface area contributed by atoms with Gasteiger partial charge in [0.1, 0.15) is 5.82 Å². The van der Waals surface area contributed by atoms with Crippen molar-refractivity contribution in [1.82, 2.24) is 19.7 Å². The maximum atomic E-state index is 13.0. The predicted octanol–water partition coefficient (Wildman–Crippen LogP) is 2.38. The molecule has 152 valence electrons. The first-order valence-corrected chi connectivity index (χ1v) is 12.6. The normalized spacial score (nSPS) is 24.0. The van der Waals surface area contributed by atoms with Crippen molar-refractivity contribution < 1.29 is 13.2 Å². The van der Waals surface area contributed by atoms with Crippen LogP contribution in [-0.2, 0) is 21.7 Å². The highest BCUT2D eigenvalue weighted by molar-refractivity contribution is 8.00. The van der Waals surface area contributed by atoms with Crippen LogP contribution in [0.25, 0.3) is 0 Å². The quantitative estimate of drug-likeness (QED) is 0.665. The standard InChI is InChI=1S/C18H30N4O3S2/c1-4-22(15-8-6-5-7-9-15)17(23)13(2)26-18-20-19-16(21(18)3)14-10-11-27(24,25)12-14/h13-15H,4-12H2,1-3H3/t13-,14+/m1/s1. The fourth-order valence-electron chi connectivity index (χ4n) is 4.21. The first kappa shape index (κ1) is 20.6. The molecule has 1 aromatic heterocycles. The van der Waals surface area contributed by atoms with E-state index in [1.807, 2.05) is 30.4 Å². The lowest BCUT2D eigenvalue weighted by atomic mass is 9.94. The Kier molecular flexibility index (Phi) is 6.50. The van der Waals surface area contributed by atoms with E-state index in [2.05, 4.69) is 10.2 Å². The van der Waals surface area contributed by atoms with Crippen molar-refractivity contribution in [1.29, 1.82) is 0 Å². The summed E-state index contributed by atoms with van der Waals surface area (Å²) in [5, 5.41) is 8.91. The first-order valence-electron chi connectivity index (χ1n) is 9.89. The minimum absolute atomic E-state index is 0.0952. The van der Waals surface area contributed by atoms with Crippen molar-refractivity contribution in [3.63, 3.8) is 0 Å². The van der Waals surface area contributed by atoms with E-state index in [9.17, 15) is 13.2 Å². The second-order valence-electron chi connectivity index (χ2n) is 7.68. The summed E-state index contributed by atoms with van der Waals surface area (Å²) in [7, 11) is -1.10. The maximum Gasteiger partial charge on any atom is 0.236 e. The maximum absolute atomic E-state index is 13.0. The zero-order chi connectivity index (χ0) is 19.6. The molecule has 3 rings (SSSR count). The van der Waals surface area contributed by atoms with Crippen LogP contribution in [0.2, 0.25) is 0 Å². The Morgan fingerprint density at radius 1 is 1.26 bits per heavy atom. The number of sulfone groups is 1. The Hall–Kier alpha value is -1.09. The minimum Gasteiger partial charge on any atom is -0.339 e. The number of rotatable bonds is 6. The van der Waals surface area contributed by atoms with E-state index in [4.69, 9.17) is 0 Å². The summed E-state index contributed by atoms with van der Waals surface area (Å²) in [5.74, 6) is 1.13. The zero-order valence-electron chi connectivity index (χ0n) is 16.4. The van der Waals surface area contributed by atoms with Crippen LogP contribution in [0.5, 0.6) is 0 Å². The molecule has 1 aliphatic carbocycles. The summed E-state index contributed by atoms with van der Waals surface area (Å²) in [6.07, 6.45) is 6.46. The molecule has 1 aliphatic heterocycles. The number of amides is 1. The Labute approximate surface area is 166 Å². The zero-order valence-corrected chi connectivity index (χ0v) is 18.1. The molecule has 2 aliphatic rings. The van der Waals surface area contributed by atoms with Gasteiger partial charge in [0, 0.05) is 25.6 Å². The SMILES string of the molecule is CCN(C(=O)[C@@H](C)Sc1nnc([C@H]2CCS(=O)(=O)C2)n1C)C1CCCCC1. The van der Waals surface area contributed by atoms with Crippen LogP contribution >= 0.6 is 11.8 Å². The fraction of sp³-hybridized carbons (Fsp3) is 0.833. The third-order valence-corrected chi connectivity index (χ3v) is 8.62. The largest absolute Gasteiger partial charge is 0.339 e. The molecule has 2 atom stereocenters. The van der Waals surface area contributed by atoms with Crippen molar-refractivity contribution in [2.24, 2.45) is 7.05 Å². The molecule has 0 bridgehead atoms. The van der Waals surface area contributed by atoms with E-state index in [1.165, 1.54) is 31.0 Å². The third kappa shape index (κ3) is 4.67. The van der Waals surface area contributed by atoms with Crippen LogP contribution in [-0.4, -0.2) is 63.3 Å². The molecule has 1 saturated heterocycles. The molecule has 0 N–H and O–H groups in total. The molecule has 0 aromatic carbocycles. The Morgan fingerprint density at radius 2 is 1.96 bits per heavy atom. The van der Waals surface area contributed by atoms with Gasteiger partial charge < -0.3 is 9.47 Å². The van der Waals surface area contributed by atoms with Gasteiger partial charge in [-0.2, -0.15) is 0 Å². The van der Waals surface area contributed by atoms with Gasteiger partial charge in [-0.05, 0) is 33.1 Å². The second-order valence-corrected chi connectivity index (χ2v) is 11.2. The van der Waals surface area contributed by atoms with Crippen molar-refractivity contribution >= 4 is 27.5 Å².